The van der Waals surface area contributed by atoms with Crippen LogP contribution in [0.1, 0.15) is 11.1 Å². The second-order valence-corrected chi connectivity index (χ2v) is 11.9. The Morgan fingerprint density at radius 3 is 1.55 bits per heavy atom. The Labute approximate surface area is 275 Å². The number of halogens is 6. The molecule has 8 aromatic rings. The van der Waals surface area contributed by atoms with E-state index in [1.165, 1.54) is 12.1 Å². The molecule has 0 radical (unpaired) electrons. The Balaban J connectivity index is 1.04. The van der Waals surface area contributed by atoms with Gasteiger partial charge in [0.1, 0.15) is 11.2 Å². The third kappa shape index (κ3) is 5.80. The third-order valence-electron chi connectivity index (χ3n) is 8.75. The fraction of sp³-hybridized carbons (Fsp3) is 0.0488. The topological polar surface area (TPSA) is 26.0 Å². The van der Waals surface area contributed by atoms with Crippen LogP contribution in [0, 0.1) is 0 Å². The van der Waals surface area contributed by atoms with Crippen LogP contribution in [0.25, 0.3) is 77.3 Å². The first-order valence-corrected chi connectivity index (χ1v) is 15.3. The quantitative estimate of drug-likeness (QED) is 0.176. The average Bonchev–Trinajstić information content (AvgIpc) is 3.48. The van der Waals surface area contributed by atoms with E-state index in [4.69, 9.17) is 4.42 Å². The standard InChI is InChI=1S/C41H23F6NO/c42-40(43,44)33-18-31(19-34(22-33)41(45,46)47)26-9-5-25(6-10-26)29-13-14-30-17-32(23-48-37(30)21-29)27-11-7-24(8-12-27)28-15-16-39-36(20-28)35-3-1-2-4-38(35)49-39/h1-23H. The molecule has 0 aliphatic rings. The lowest BCUT2D eigenvalue weighted by Gasteiger charge is -2.14. The van der Waals surface area contributed by atoms with E-state index < -0.39 is 23.5 Å². The average molecular weight is 660 g/mol. The lowest BCUT2D eigenvalue weighted by Crippen LogP contribution is -2.11. The van der Waals surface area contributed by atoms with Crippen molar-refractivity contribution in [3.8, 4) is 44.5 Å². The number of hydrogen-bond donors (Lipinski definition) is 0. The molecule has 0 amide bonds. The second-order valence-electron chi connectivity index (χ2n) is 11.9. The third-order valence-corrected chi connectivity index (χ3v) is 8.75. The molecule has 49 heavy (non-hydrogen) atoms. The zero-order chi connectivity index (χ0) is 33.9. The van der Waals surface area contributed by atoms with Crippen LogP contribution in [0.2, 0.25) is 0 Å². The van der Waals surface area contributed by atoms with Crippen molar-refractivity contribution in [2.45, 2.75) is 12.4 Å². The first-order chi connectivity index (χ1) is 23.5. The molecule has 0 aliphatic heterocycles. The molecule has 0 saturated heterocycles. The van der Waals surface area contributed by atoms with Gasteiger partial charge in [-0.1, -0.05) is 84.9 Å². The van der Waals surface area contributed by atoms with Crippen molar-refractivity contribution < 1.29 is 30.8 Å². The van der Waals surface area contributed by atoms with Gasteiger partial charge < -0.3 is 4.42 Å². The number of benzene rings is 6. The molecule has 0 unspecified atom stereocenters. The van der Waals surface area contributed by atoms with Crippen molar-refractivity contribution in [2.24, 2.45) is 0 Å². The Morgan fingerprint density at radius 2 is 0.918 bits per heavy atom. The molecule has 0 atom stereocenters. The number of alkyl halides is 6. The van der Waals surface area contributed by atoms with Crippen molar-refractivity contribution in [1.82, 2.24) is 4.98 Å². The number of nitrogens with zero attached hydrogens (tertiary/aromatic N) is 1. The summed E-state index contributed by atoms with van der Waals surface area (Å²) in [5, 5.41) is 3.07. The van der Waals surface area contributed by atoms with Gasteiger partial charge in [-0.05, 0) is 87.5 Å². The first kappa shape index (κ1) is 30.4. The zero-order valence-corrected chi connectivity index (χ0v) is 25.4. The van der Waals surface area contributed by atoms with E-state index in [0.29, 0.717) is 0 Å². The van der Waals surface area contributed by atoms with Crippen LogP contribution in [-0.2, 0) is 12.4 Å². The highest BCUT2D eigenvalue weighted by Crippen LogP contribution is 2.39. The van der Waals surface area contributed by atoms with Gasteiger partial charge in [-0.25, -0.2) is 0 Å². The van der Waals surface area contributed by atoms with Crippen LogP contribution in [0.4, 0.5) is 26.3 Å². The molecule has 0 spiro atoms. The number of aromatic nitrogens is 1. The van der Waals surface area contributed by atoms with E-state index in [9.17, 15) is 26.3 Å². The van der Waals surface area contributed by atoms with Gasteiger partial charge in [-0.2, -0.15) is 26.3 Å². The lowest BCUT2D eigenvalue weighted by atomic mass is 9.96. The summed E-state index contributed by atoms with van der Waals surface area (Å²) in [6.07, 6.45) is -8.02. The van der Waals surface area contributed by atoms with Crippen molar-refractivity contribution in [1.29, 1.82) is 0 Å². The van der Waals surface area contributed by atoms with E-state index in [1.54, 1.807) is 18.3 Å². The van der Waals surface area contributed by atoms with Gasteiger partial charge in [-0.15, -0.1) is 0 Å². The number of furan rings is 1. The summed E-state index contributed by atoms with van der Waals surface area (Å²) in [6, 6.07) is 38.3. The molecule has 0 fully saturated rings. The van der Waals surface area contributed by atoms with Gasteiger partial charge >= 0.3 is 12.4 Å². The summed E-state index contributed by atoms with van der Waals surface area (Å²) in [4.78, 5) is 4.69. The van der Waals surface area contributed by atoms with E-state index >= 15 is 0 Å². The fourth-order valence-corrected chi connectivity index (χ4v) is 6.20. The number of pyridine rings is 1. The Bertz CT molecular complexity index is 2480. The summed E-state index contributed by atoms with van der Waals surface area (Å²) < 4.78 is 86.1. The van der Waals surface area contributed by atoms with E-state index in [-0.39, 0.29) is 17.2 Å². The minimum absolute atomic E-state index is 0.130. The van der Waals surface area contributed by atoms with Crippen LogP contribution < -0.4 is 0 Å². The highest BCUT2D eigenvalue weighted by Gasteiger charge is 2.37. The molecule has 8 heteroatoms. The van der Waals surface area contributed by atoms with Crippen molar-refractivity contribution in [3.63, 3.8) is 0 Å². The monoisotopic (exact) mass is 659 g/mol. The lowest BCUT2D eigenvalue weighted by molar-refractivity contribution is -0.143. The number of fused-ring (bicyclic) bond motifs is 4. The number of rotatable bonds is 4. The van der Waals surface area contributed by atoms with E-state index in [0.717, 1.165) is 78.4 Å². The normalized spacial score (nSPS) is 12.3. The SMILES string of the molecule is FC(F)(F)c1cc(-c2ccc(-c3ccc4cc(-c5ccc(-c6ccc7oc8ccccc8c7c6)cc5)cnc4c3)cc2)cc(C(F)(F)F)c1. The molecule has 2 heterocycles. The Kier molecular flexibility index (Phi) is 7.07. The predicted molar refractivity (Wildman–Crippen MR) is 181 cm³/mol. The maximum Gasteiger partial charge on any atom is 0.416 e. The summed E-state index contributed by atoms with van der Waals surface area (Å²) in [7, 11) is 0. The minimum atomic E-state index is -4.91. The molecule has 6 aromatic carbocycles. The Hall–Kier alpha value is -5.89. The molecular formula is C41H23F6NO. The second kappa shape index (κ2) is 11.4. The smallest absolute Gasteiger partial charge is 0.416 e. The fourth-order valence-electron chi connectivity index (χ4n) is 6.20. The first-order valence-electron chi connectivity index (χ1n) is 15.3. The van der Waals surface area contributed by atoms with E-state index in [2.05, 4.69) is 53.5 Å². The van der Waals surface area contributed by atoms with Gasteiger partial charge in [0.05, 0.1) is 16.6 Å². The molecule has 240 valence electrons. The highest BCUT2D eigenvalue weighted by atomic mass is 19.4. The molecule has 0 N–H and O–H groups in total. The van der Waals surface area contributed by atoms with Gasteiger partial charge in [0.25, 0.3) is 0 Å². The minimum Gasteiger partial charge on any atom is -0.456 e. The molecular weight excluding hydrogens is 636 g/mol. The number of para-hydroxylation sites is 1. The van der Waals surface area contributed by atoms with Crippen LogP contribution in [0.15, 0.2) is 144 Å². The van der Waals surface area contributed by atoms with Crippen molar-refractivity contribution >= 4 is 32.8 Å². The van der Waals surface area contributed by atoms with Crippen molar-refractivity contribution in [2.75, 3.05) is 0 Å². The summed E-state index contributed by atoms with van der Waals surface area (Å²) in [5.41, 5.74) is 5.52. The molecule has 0 bridgehead atoms. The number of hydrogen-bond acceptors (Lipinski definition) is 2. The molecule has 2 nitrogen and oxygen atoms in total. The van der Waals surface area contributed by atoms with Crippen LogP contribution in [-0.4, -0.2) is 4.98 Å². The molecule has 0 saturated carbocycles. The van der Waals surface area contributed by atoms with Crippen LogP contribution in [0.3, 0.4) is 0 Å². The Morgan fingerprint density at radius 1 is 0.408 bits per heavy atom. The van der Waals surface area contributed by atoms with Gasteiger partial charge in [0, 0.05) is 27.9 Å². The molecule has 0 aliphatic carbocycles. The van der Waals surface area contributed by atoms with Crippen molar-refractivity contribution in [3.05, 3.63) is 151 Å². The van der Waals surface area contributed by atoms with Crippen LogP contribution in [0.5, 0.6) is 0 Å². The predicted octanol–water partition coefficient (Wildman–Crippen LogP) is 12.8. The maximum absolute atomic E-state index is 13.4. The van der Waals surface area contributed by atoms with Gasteiger partial charge in [0.15, 0.2) is 0 Å². The molecule has 8 rings (SSSR count). The summed E-state index contributed by atoms with van der Waals surface area (Å²) in [5.74, 6) is 0. The van der Waals surface area contributed by atoms with E-state index in [1.807, 2.05) is 42.5 Å². The maximum atomic E-state index is 13.4. The highest BCUT2D eigenvalue weighted by molar-refractivity contribution is 6.06. The summed E-state index contributed by atoms with van der Waals surface area (Å²) >= 11 is 0. The summed E-state index contributed by atoms with van der Waals surface area (Å²) in [6.45, 7) is 0. The van der Waals surface area contributed by atoms with Gasteiger partial charge in [-0.3, -0.25) is 4.98 Å². The molecule has 2 aromatic heterocycles. The zero-order valence-electron chi connectivity index (χ0n) is 25.4. The van der Waals surface area contributed by atoms with Gasteiger partial charge in [0.2, 0.25) is 0 Å². The van der Waals surface area contributed by atoms with Crippen LogP contribution >= 0.6 is 0 Å². The largest absolute Gasteiger partial charge is 0.456 e.